The van der Waals surface area contributed by atoms with E-state index in [9.17, 15) is 18.0 Å². The molecule has 0 aromatic carbocycles. The van der Waals surface area contributed by atoms with Gasteiger partial charge in [0.15, 0.2) is 0 Å². The Kier molecular flexibility index (Phi) is 3.31. The summed E-state index contributed by atoms with van der Waals surface area (Å²) in [4.78, 5) is 13.1. The van der Waals surface area contributed by atoms with E-state index in [4.69, 9.17) is 4.74 Å². The van der Waals surface area contributed by atoms with Crippen molar-refractivity contribution >= 4 is 6.08 Å². The van der Waals surface area contributed by atoms with Gasteiger partial charge in [0.25, 0.3) is 0 Å². The third kappa shape index (κ3) is 2.95. The summed E-state index contributed by atoms with van der Waals surface area (Å²) in [6.45, 7) is 0. The maximum absolute atomic E-state index is 12.4. The number of rotatable bonds is 2. The maximum Gasteiger partial charge on any atom is 0.395 e. The zero-order valence-electron chi connectivity index (χ0n) is 7.84. The third-order valence-corrected chi connectivity index (χ3v) is 1.96. The molecule has 1 rings (SSSR count). The van der Waals surface area contributed by atoms with Crippen molar-refractivity contribution in [1.82, 2.24) is 0 Å². The largest absolute Gasteiger partial charge is 0.501 e. The van der Waals surface area contributed by atoms with Crippen LogP contribution in [0.2, 0.25) is 0 Å². The highest BCUT2D eigenvalue weighted by Crippen LogP contribution is 2.36. The Labute approximate surface area is 83.9 Å². The molecule has 0 saturated heterocycles. The van der Waals surface area contributed by atoms with Crippen molar-refractivity contribution in [3.8, 4) is 0 Å². The van der Waals surface area contributed by atoms with Gasteiger partial charge in [0.2, 0.25) is 6.08 Å². The summed E-state index contributed by atoms with van der Waals surface area (Å²) in [5.41, 5.74) is -0.0737. The molecule has 0 amide bonds. The van der Waals surface area contributed by atoms with Crippen LogP contribution >= 0.6 is 0 Å². The van der Waals surface area contributed by atoms with Crippen molar-refractivity contribution in [2.45, 2.75) is 12.6 Å². The molecule has 0 spiro atoms. The van der Waals surface area contributed by atoms with Crippen LogP contribution in [0.4, 0.5) is 13.2 Å². The average Bonchev–Trinajstić information content (AvgIpc) is 2.16. The second kappa shape index (κ2) is 4.31. The normalized spacial score (nSPS) is 21.2. The number of methoxy groups -OCH3 is 1. The molecule has 0 heterocycles. The van der Waals surface area contributed by atoms with Crippen LogP contribution in [0.5, 0.6) is 0 Å². The molecule has 3 nitrogen and oxygen atoms in total. The van der Waals surface area contributed by atoms with Crippen LogP contribution in [0.15, 0.2) is 28.6 Å². The van der Waals surface area contributed by atoms with Gasteiger partial charge in [0.1, 0.15) is 0 Å². The lowest BCUT2D eigenvalue weighted by Gasteiger charge is -2.21. The number of nitrogens with zero attached hydrogens (tertiary/aromatic N) is 1. The van der Waals surface area contributed by atoms with E-state index in [-0.39, 0.29) is 17.9 Å². The smallest absolute Gasteiger partial charge is 0.395 e. The van der Waals surface area contributed by atoms with Crippen molar-refractivity contribution in [1.29, 1.82) is 0 Å². The van der Waals surface area contributed by atoms with Crippen LogP contribution in [-0.4, -0.2) is 19.4 Å². The van der Waals surface area contributed by atoms with Gasteiger partial charge in [0.05, 0.1) is 24.5 Å². The van der Waals surface area contributed by atoms with E-state index >= 15 is 0 Å². The summed E-state index contributed by atoms with van der Waals surface area (Å²) in [6.07, 6.45) is -1.26. The van der Waals surface area contributed by atoms with E-state index in [0.717, 1.165) is 6.08 Å². The molecular formula is C9H8F3NO2. The number of aliphatic imine (C=N–C) groups is 1. The summed E-state index contributed by atoms with van der Waals surface area (Å²) in [5.74, 6) is -1.52. The molecule has 1 atom stereocenters. The fourth-order valence-electron chi connectivity index (χ4n) is 1.23. The van der Waals surface area contributed by atoms with Crippen molar-refractivity contribution in [3.05, 3.63) is 23.6 Å². The first kappa shape index (κ1) is 11.5. The van der Waals surface area contributed by atoms with Gasteiger partial charge in [-0.15, -0.1) is 0 Å². The molecule has 0 bridgehead atoms. The minimum Gasteiger partial charge on any atom is -0.501 e. The Balaban J connectivity index is 2.99. The highest BCUT2D eigenvalue weighted by Gasteiger charge is 2.40. The van der Waals surface area contributed by atoms with E-state index in [1.54, 1.807) is 0 Å². The van der Waals surface area contributed by atoms with E-state index in [1.165, 1.54) is 19.3 Å². The molecule has 0 aromatic rings. The first-order valence-corrected chi connectivity index (χ1v) is 4.08. The lowest BCUT2D eigenvalue weighted by atomic mass is 9.97. The standard InChI is InChI=1S/C9H8F3NO2/c1-15-8-3-6(9(10,11)12)2-7(4-8)13-5-14/h2,4,6H,3H2,1H3. The van der Waals surface area contributed by atoms with Gasteiger partial charge in [0, 0.05) is 12.5 Å². The van der Waals surface area contributed by atoms with Crippen LogP contribution in [0.3, 0.4) is 0 Å². The van der Waals surface area contributed by atoms with Gasteiger partial charge in [-0.05, 0) is 6.08 Å². The zero-order chi connectivity index (χ0) is 11.5. The van der Waals surface area contributed by atoms with E-state index in [2.05, 4.69) is 4.99 Å². The van der Waals surface area contributed by atoms with Crippen LogP contribution in [0, 0.1) is 5.92 Å². The Morgan fingerprint density at radius 1 is 1.60 bits per heavy atom. The van der Waals surface area contributed by atoms with Gasteiger partial charge in [-0.25, -0.2) is 4.79 Å². The number of alkyl halides is 3. The molecule has 0 saturated carbocycles. The summed E-state index contributed by atoms with van der Waals surface area (Å²) in [7, 11) is 1.27. The third-order valence-electron chi connectivity index (χ3n) is 1.96. The van der Waals surface area contributed by atoms with Crippen LogP contribution in [0.25, 0.3) is 0 Å². The van der Waals surface area contributed by atoms with Gasteiger partial charge in [-0.2, -0.15) is 18.2 Å². The maximum atomic E-state index is 12.4. The number of allylic oxidation sites excluding steroid dienone is 3. The van der Waals surface area contributed by atoms with Crippen LogP contribution in [0.1, 0.15) is 6.42 Å². The predicted molar refractivity (Wildman–Crippen MR) is 45.5 cm³/mol. The molecule has 0 fully saturated rings. The summed E-state index contributed by atoms with van der Waals surface area (Å²) in [5, 5.41) is 0. The number of ether oxygens (including phenoxy) is 1. The van der Waals surface area contributed by atoms with Crippen molar-refractivity contribution < 1.29 is 22.7 Å². The summed E-state index contributed by atoms with van der Waals surface area (Å²) < 4.78 is 41.9. The Morgan fingerprint density at radius 2 is 2.27 bits per heavy atom. The zero-order valence-corrected chi connectivity index (χ0v) is 7.84. The first-order valence-electron chi connectivity index (χ1n) is 4.08. The van der Waals surface area contributed by atoms with E-state index < -0.39 is 12.1 Å². The van der Waals surface area contributed by atoms with Gasteiger partial charge in [-0.1, -0.05) is 0 Å². The molecule has 1 aliphatic rings. The van der Waals surface area contributed by atoms with Crippen molar-refractivity contribution in [2.75, 3.05) is 7.11 Å². The SMILES string of the molecule is COC1=CC(N=C=O)=CC(C(F)(F)F)C1. The molecule has 1 aliphatic carbocycles. The number of halogens is 3. The first-order chi connectivity index (χ1) is 6.97. The highest BCUT2D eigenvalue weighted by molar-refractivity contribution is 5.41. The number of hydrogen-bond acceptors (Lipinski definition) is 3. The monoisotopic (exact) mass is 219 g/mol. The van der Waals surface area contributed by atoms with Crippen LogP contribution < -0.4 is 0 Å². The van der Waals surface area contributed by atoms with Gasteiger partial charge < -0.3 is 4.74 Å². The fourth-order valence-corrected chi connectivity index (χ4v) is 1.23. The van der Waals surface area contributed by atoms with Gasteiger partial charge >= 0.3 is 6.18 Å². The lowest BCUT2D eigenvalue weighted by molar-refractivity contribution is -0.162. The second-order valence-electron chi connectivity index (χ2n) is 2.96. The molecule has 6 heteroatoms. The number of carbonyl (C=O) groups excluding carboxylic acids is 1. The summed E-state index contributed by atoms with van der Waals surface area (Å²) in [6, 6.07) is 0. The molecule has 0 radical (unpaired) electrons. The number of isocyanates is 1. The Morgan fingerprint density at radius 3 is 2.73 bits per heavy atom. The minimum atomic E-state index is -4.36. The summed E-state index contributed by atoms with van der Waals surface area (Å²) >= 11 is 0. The molecule has 0 aromatic heterocycles. The van der Waals surface area contributed by atoms with E-state index in [1.807, 2.05) is 0 Å². The molecule has 82 valence electrons. The predicted octanol–water partition coefficient (Wildman–Crippen LogP) is 2.32. The molecule has 15 heavy (non-hydrogen) atoms. The second-order valence-corrected chi connectivity index (χ2v) is 2.96. The van der Waals surface area contributed by atoms with Crippen molar-refractivity contribution in [2.24, 2.45) is 10.9 Å². The molecule has 0 N–H and O–H groups in total. The molecular weight excluding hydrogens is 211 g/mol. The molecule has 0 aliphatic heterocycles. The topological polar surface area (TPSA) is 38.7 Å². The Bertz CT molecular complexity index is 351. The number of hydrogen-bond donors (Lipinski definition) is 0. The van der Waals surface area contributed by atoms with Gasteiger partial charge in [-0.3, -0.25) is 0 Å². The average molecular weight is 219 g/mol. The lowest BCUT2D eigenvalue weighted by Crippen LogP contribution is -2.23. The van der Waals surface area contributed by atoms with Crippen LogP contribution in [-0.2, 0) is 9.53 Å². The Hall–Kier alpha value is -1.55. The van der Waals surface area contributed by atoms with E-state index in [0.29, 0.717) is 0 Å². The highest BCUT2D eigenvalue weighted by atomic mass is 19.4. The quantitative estimate of drug-likeness (QED) is 0.528. The fraction of sp³-hybridized carbons (Fsp3) is 0.444. The molecule has 1 unspecified atom stereocenters. The van der Waals surface area contributed by atoms with Crippen molar-refractivity contribution in [3.63, 3.8) is 0 Å². The minimum absolute atomic E-state index is 0.0737.